The number of allylic oxidation sites excluding steroid dienone is 2. The molecule has 4 heteroatoms. The summed E-state index contributed by atoms with van der Waals surface area (Å²) in [7, 11) is 0. The Morgan fingerprint density at radius 1 is 0.955 bits per heavy atom. The minimum absolute atomic E-state index is 0.0264. The number of nitrogens with zero attached hydrogens (tertiary/aromatic N) is 1. The van der Waals surface area contributed by atoms with Crippen LogP contribution in [0.4, 0.5) is 5.69 Å². The van der Waals surface area contributed by atoms with Gasteiger partial charge in [0.2, 0.25) is 11.8 Å². The molecule has 112 valence electrons. The molecule has 2 bridgehead atoms. The third-order valence-corrected chi connectivity index (χ3v) is 5.29. The first kappa shape index (κ1) is 13.4. The van der Waals surface area contributed by atoms with Gasteiger partial charge in [-0.3, -0.25) is 19.3 Å². The van der Waals surface area contributed by atoms with Crippen molar-refractivity contribution in [2.45, 2.75) is 19.8 Å². The molecule has 1 aromatic rings. The van der Waals surface area contributed by atoms with Crippen LogP contribution >= 0.6 is 0 Å². The van der Waals surface area contributed by atoms with Gasteiger partial charge in [-0.25, -0.2) is 0 Å². The van der Waals surface area contributed by atoms with Gasteiger partial charge >= 0.3 is 0 Å². The Labute approximate surface area is 128 Å². The zero-order chi connectivity index (χ0) is 15.4. The van der Waals surface area contributed by atoms with Crippen molar-refractivity contribution in [1.82, 2.24) is 0 Å². The van der Waals surface area contributed by atoms with E-state index in [-0.39, 0.29) is 41.3 Å². The normalized spacial score (nSPS) is 32.5. The van der Waals surface area contributed by atoms with E-state index in [0.29, 0.717) is 11.3 Å². The number of fused-ring (bicyclic) bond motifs is 1. The van der Waals surface area contributed by atoms with Gasteiger partial charge in [-0.05, 0) is 55.9 Å². The Balaban J connectivity index is 1.70. The quantitative estimate of drug-likeness (QED) is 0.479. The zero-order valence-electron chi connectivity index (χ0n) is 12.4. The Bertz CT molecular complexity index is 672. The molecule has 0 unspecified atom stereocenters. The minimum atomic E-state index is -0.191. The number of ketones is 1. The lowest BCUT2D eigenvalue weighted by Crippen LogP contribution is -2.38. The van der Waals surface area contributed by atoms with Crippen LogP contribution in [-0.4, -0.2) is 17.6 Å². The van der Waals surface area contributed by atoms with Gasteiger partial charge in [0, 0.05) is 5.56 Å². The first-order valence-corrected chi connectivity index (χ1v) is 7.75. The Hall–Kier alpha value is -2.23. The second kappa shape index (κ2) is 4.63. The number of hydrogen-bond acceptors (Lipinski definition) is 3. The molecule has 0 N–H and O–H groups in total. The van der Waals surface area contributed by atoms with Crippen LogP contribution in [0, 0.1) is 23.7 Å². The molecule has 1 aliphatic heterocycles. The summed E-state index contributed by atoms with van der Waals surface area (Å²) in [4.78, 5) is 38.2. The summed E-state index contributed by atoms with van der Waals surface area (Å²) in [6, 6.07) is 6.73. The van der Waals surface area contributed by atoms with Crippen LogP contribution in [0.15, 0.2) is 36.4 Å². The summed E-state index contributed by atoms with van der Waals surface area (Å²) in [5.41, 5.74) is 1.16. The third-order valence-electron chi connectivity index (χ3n) is 5.29. The molecule has 4 nitrogen and oxygen atoms in total. The van der Waals surface area contributed by atoms with Crippen molar-refractivity contribution >= 4 is 23.3 Å². The topological polar surface area (TPSA) is 54.5 Å². The van der Waals surface area contributed by atoms with Gasteiger partial charge in [0.1, 0.15) is 0 Å². The van der Waals surface area contributed by atoms with Crippen molar-refractivity contribution in [2.75, 3.05) is 4.90 Å². The molecule has 0 spiro atoms. The van der Waals surface area contributed by atoms with E-state index in [1.165, 1.54) is 11.8 Å². The molecule has 5 rings (SSSR count). The predicted octanol–water partition coefficient (Wildman–Crippen LogP) is 2.59. The van der Waals surface area contributed by atoms with Crippen molar-refractivity contribution in [3.8, 4) is 0 Å². The molecule has 1 saturated heterocycles. The summed E-state index contributed by atoms with van der Waals surface area (Å²) in [6.07, 6.45) is 6.22. The van der Waals surface area contributed by atoms with E-state index in [4.69, 9.17) is 0 Å². The van der Waals surface area contributed by atoms with E-state index in [1.54, 1.807) is 24.3 Å². The van der Waals surface area contributed by atoms with Gasteiger partial charge in [-0.2, -0.15) is 0 Å². The lowest BCUT2D eigenvalue weighted by molar-refractivity contribution is -0.124. The van der Waals surface area contributed by atoms with Crippen molar-refractivity contribution in [1.29, 1.82) is 0 Å². The number of benzene rings is 1. The molecule has 4 aliphatic rings. The van der Waals surface area contributed by atoms with E-state index in [2.05, 4.69) is 12.2 Å². The van der Waals surface area contributed by atoms with Gasteiger partial charge in [-0.1, -0.05) is 12.2 Å². The Morgan fingerprint density at radius 2 is 1.45 bits per heavy atom. The standard InChI is InChI=1S/C18H17NO3/c1-10(20)11-6-8-14(9-7-11)19-17(21)15-12-2-3-13(5-4-12)16(15)18(19)22/h2-3,6-9,12-13,15-16H,4-5H2,1H3/t12-,13-,15-,16-/m0/s1. The van der Waals surface area contributed by atoms with Crippen molar-refractivity contribution in [3.05, 3.63) is 42.0 Å². The van der Waals surface area contributed by atoms with E-state index in [9.17, 15) is 14.4 Å². The number of carbonyl (C=O) groups is 3. The monoisotopic (exact) mass is 295 g/mol. The molecule has 22 heavy (non-hydrogen) atoms. The number of amides is 2. The highest BCUT2D eigenvalue weighted by atomic mass is 16.2. The third kappa shape index (κ3) is 1.73. The fraction of sp³-hybridized carbons (Fsp3) is 0.389. The number of carbonyl (C=O) groups excluding carboxylic acids is 3. The smallest absolute Gasteiger partial charge is 0.238 e. The molecule has 0 aromatic heterocycles. The molecule has 1 heterocycles. The number of imide groups is 1. The van der Waals surface area contributed by atoms with Gasteiger partial charge in [0.25, 0.3) is 0 Å². The van der Waals surface area contributed by atoms with Crippen LogP contribution in [-0.2, 0) is 9.59 Å². The SMILES string of the molecule is CC(=O)c1ccc(N2C(=O)[C@@H]3[C@@H](C2=O)[C@H]2C=C[C@H]3CC2)cc1. The van der Waals surface area contributed by atoms with Crippen molar-refractivity contribution in [3.63, 3.8) is 0 Å². The number of anilines is 1. The minimum Gasteiger partial charge on any atom is -0.295 e. The number of Topliss-reactive ketones (excluding diaryl/α,β-unsaturated/α-hetero) is 1. The second-order valence-electron chi connectivity index (χ2n) is 6.46. The molecule has 1 aromatic carbocycles. The van der Waals surface area contributed by atoms with Crippen LogP contribution in [0.3, 0.4) is 0 Å². The predicted molar refractivity (Wildman–Crippen MR) is 81.3 cm³/mol. The van der Waals surface area contributed by atoms with Crippen LogP contribution in [0.1, 0.15) is 30.1 Å². The second-order valence-corrected chi connectivity index (χ2v) is 6.46. The molecule has 1 saturated carbocycles. The summed E-state index contributed by atoms with van der Waals surface area (Å²) in [5.74, 6) is -0.163. The molecule has 0 radical (unpaired) electrons. The average Bonchev–Trinajstić information content (AvgIpc) is 2.82. The summed E-state index contributed by atoms with van der Waals surface area (Å²) >= 11 is 0. The van der Waals surface area contributed by atoms with Crippen LogP contribution in [0.5, 0.6) is 0 Å². The van der Waals surface area contributed by atoms with Crippen LogP contribution < -0.4 is 4.90 Å². The lowest BCUT2D eigenvalue weighted by Gasteiger charge is -2.38. The number of hydrogen-bond donors (Lipinski definition) is 0. The maximum absolute atomic E-state index is 12.8. The van der Waals surface area contributed by atoms with Gasteiger partial charge < -0.3 is 0 Å². The van der Waals surface area contributed by atoms with E-state index >= 15 is 0 Å². The van der Waals surface area contributed by atoms with E-state index < -0.39 is 0 Å². The largest absolute Gasteiger partial charge is 0.295 e. The van der Waals surface area contributed by atoms with E-state index in [1.807, 2.05) is 0 Å². The van der Waals surface area contributed by atoms with Crippen LogP contribution in [0.25, 0.3) is 0 Å². The maximum atomic E-state index is 12.8. The summed E-state index contributed by atoms with van der Waals surface area (Å²) in [6.45, 7) is 1.50. The van der Waals surface area contributed by atoms with Crippen molar-refractivity contribution in [2.24, 2.45) is 23.7 Å². The molecule has 2 fully saturated rings. The zero-order valence-corrected chi connectivity index (χ0v) is 12.4. The fourth-order valence-electron chi connectivity index (χ4n) is 4.17. The maximum Gasteiger partial charge on any atom is 0.238 e. The highest BCUT2D eigenvalue weighted by molar-refractivity contribution is 6.22. The molecule has 3 aliphatic carbocycles. The Morgan fingerprint density at radius 3 is 1.86 bits per heavy atom. The fourth-order valence-corrected chi connectivity index (χ4v) is 4.17. The summed E-state index contributed by atoms with van der Waals surface area (Å²) < 4.78 is 0. The number of rotatable bonds is 2. The summed E-state index contributed by atoms with van der Waals surface area (Å²) in [5, 5.41) is 0. The van der Waals surface area contributed by atoms with Gasteiger partial charge in [-0.15, -0.1) is 0 Å². The molecular formula is C18H17NO3. The lowest BCUT2D eigenvalue weighted by atomic mass is 9.63. The molecule has 2 amide bonds. The molecular weight excluding hydrogens is 278 g/mol. The van der Waals surface area contributed by atoms with E-state index in [0.717, 1.165) is 12.8 Å². The highest BCUT2D eigenvalue weighted by Crippen LogP contribution is 2.50. The highest BCUT2D eigenvalue weighted by Gasteiger charge is 2.56. The Kier molecular flexibility index (Phi) is 2.83. The average molecular weight is 295 g/mol. The van der Waals surface area contributed by atoms with Gasteiger partial charge in [0.05, 0.1) is 17.5 Å². The molecule has 4 atom stereocenters. The first-order chi connectivity index (χ1) is 10.6. The van der Waals surface area contributed by atoms with Crippen LogP contribution in [0.2, 0.25) is 0 Å². The van der Waals surface area contributed by atoms with Gasteiger partial charge in [0.15, 0.2) is 5.78 Å². The first-order valence-electron chi connectivity index (χ1n) is 7.75. The van der Waals surface area contributed by atoms with Crippen molar-refractivity contribution < 1.29 is 14.4 Å².